The number of carbonyl (C=O) groups excluding carboxylic acids is 1. The Balaban J connectivity index is 2.13. The largest absolute Gasteiger partial charge is 0.430 e. The standard InChI is InChI=1S/C24H23F7O4S/c1-15(32)14-16-10-12-21(13-11-16,36(34,35)20-8-6-19(25)7-9-20)17-2-4-18(5-3-17)22(33,23(26,27)28)24(29,30)31/h2-9,16,33H,10-14H2,1H3. The van der Waals surface area contributed by atoms with E-state index >= 15 is 0 Å². The second kappa shape index (κ2) is 9.44. The summed E-state index contributed by atoms with van der Waals surface area (Å²) in [7, 11) is -4.31. The Morgan fingerprint density at radius 3 is 1.81 bits per heavy atom. The Kier molecular flexibility index (Phi) is 7.37. The molecule has 2 aromatic carbocycles. The van der Waals surface area contributed by atoms with Gasteiger partial charge in [0.2, 0.25) is 0 Å². The fourth-order valence-electron chi connectivity index (χ4n) is 4.81. The van der Waals surface area contributed by atoms with Crippen molar-refractivity contribution in [1.82, 2.24) is 0 Å². The van der Waals surface area contributed by atoms with Crippen LogP contribution in [0.25, 0.3) is 0 Å². The van der Waals surface area contributed by atoms with E-state index < -0.39 is 43.9 Å². The monoisotopic (exact) mass is 540 g/mol. The van der Waals surface area contributed by atoms with Gasteiger partial charge in [-0.05, 0) is 68.4 Å². The van der Waals surface area contributed by atoms with Gasteiger partial charge in [-0.15, -0.1) is 0 Å². The first-order valence-electron chi connectivity index (χ1n) is 10.9. The van der Waals surface area contributed by atoms with Crippen LogP contribution in [0.1, 0.15) is 50.2 Å². The molecule has 0 aliphatic heterocycles. The molecule has 0 amide bonds. The molecule has 2 aromatic rings. The summed E-state index contributed by atoms with van der Waals surface area (Å²) in [4.78, 5) is 11.3. The molecule has 0 bridgehead atoms. The Morgan fingerprint density at radius 1 is 0.917 bits per heavy atom. The van der Waals surface area contributed by atoms with Crippen molar-refractivity contribution >= 4 is 15.6 Å². The quantitative estimate of drug-likeness (QED) is 0.362. The minimum absolute atomic E-state index is 0.0627. The topological polar surface area (TPSA) is 71.4 Å². The van der Waals surface area contributed by atoms with Crippen LogP contribution in [-0.2, 0) is 25.0 Å². The first-order chi connectivity index (χ1) is 16.5. The number of aliphatic hydroxyl groups is 1. The van der Waals surface area contributed by atoms with Gasteiger partial charge in [0, 0.05) is 12.0 Å². The molecule has 0 aromatic heterocycles. The SMILES string of the molecule is CC(=O)CC1CCC(c2ccc(C(O)(C(F)(F)F)C(F)(F)F)cc2)(S(=O)(=O)c2ccc(F)cc2)CC1. The van der Waals surface area contributed by atoms with Crippen LogP contribution in [0.5, 0.6) is 0 Å². The van der Waals surface area contributed by atoms with E-state index in [-0.39, 0.29) is 54.3 Å². The first kappa shape index (κ1) is 28.1. The van der Waals surface area contributed by atoms with Crippen LogP contribution in [0.3, 0.4) is 0 Å². The van der Waals surface area contributed by atoms with Crippen molar-refractivity contribution in [3.05, 3.63) is 65.5 Å². The van der Waals surface area contributed by atoms with E-state index in [1.54, 1.807) is 0 Å². The lowest BCUT2D eigenvalue weighted by Gasteiger charge is -2.40. The second-order valence-corrected chi connectivity index (χ2v) is 11.3. The highest BCUT2D eigenvalue weighted by molar-refractivity contribution is 7.92. The van der Waals surface area contributed by atoms with E-state index in [1.165, 1.54) is 6.92 Å². The zero-order valence-electron chi connectivity index (χ0n) is 19.0. The van der Waals surface area contributed by atoms with Gasteiger partial charge >= 0.3 is 12.4 Å². The third kappa shape index (κ3) is 4.77. The zero-order chi connectivity index (χ0) is 27.2. The van der Waals surface area contributed by atoms with Crippen LogP contribution in [-0.4, -0.2) is 31.7 Å². The Morgan fingerprint density at radius 2 is 1.39 bits per heavy atom. The summed E-state index contributed by atoms with van der Waals surface area (Å²) in [6.45, 7) is 1.39. The highest BCUT2D eigenvalue weighted by atomic mass is 32.2. The van der Waals surface area contributed by atoms with Crippen molar-refractivity contribution in [2.75, 3.05) is 0 Å². The van der Waals surface area contributed by atoms with Crippen molar-refractivity contribution in [1.29, 1.82) is 0 Å². The maximum Gasteiger partial charge on any atom is 0.430 e. The Hall–Kier alpha value is -2.47. The summed E-state index contributed by atoms with van der Waals surface area (Å²) in [5.74, 6) is -0.938. The fourth-order valence-corrected chi connectivity index (χ4v) is 6.97. The summed E-state index contributed by atoms with van der Waals surface area (Å²) in [5.41, 5.74) is -6.73. The first-order valence-corrected chi connectivity index (χ1v) is 12.4. The number of ketones is 1. The molecule has 4 nitrogen and oxygen atoms in total. The molecule has 12 heteroatoms. The van der Waals surface area contributed by atoms with Gasteiger partial charge in [-0.1, -0.05) is 24.3 Å². The molecular weight excluding hydrogens is 517 g/mol. The number of carbonyl (C=O) groups is 1. The molecule has 0 radical (unpaired) electrons. The lowest BCUT2D eigenvalue weighted by atomic mass is 9.76. The number of halogens is 7. The van der Waals surface area contributed by atoms with E-state index in [0.717, 1.165) is 36.4 Å². The van der Waals surface area contributed by atoms with Crippen LogP contribution in [0, 0.1) is 11.7 Å². The van der Waals surface area contributed by atoms with Gasteiger partial charge < -0.3 is 9.90 Å². The number of Topliss-reactive ketones (excluding diaryl/α,β-unsaturated/α-hetero) is 1. The maximum atomic E-state index is 13.8. The molecule has 1 aliphatic carbocycles. The van der Waals surface area contributed by atoms with Crippen LogP contribution in [0.2, 0.25) is 0 Å². The van der Waals surface area contributed by atoms with Gasteiger partial charge in [0.1, 0.15) is 16.3 Å². The van der Waals surface area contributed by atoms with E-state index in [0.29, 0.717) is 12.1 Å². The summed E-state index contributed by atoms with van der Waals surface area (Å²) in [6.07, 6.45) is -11.6. The molecule has 0 spiro atoms. The summed E-state index contributed by atoms with van der Waals surface area (Å²) in [5, 5.41) is 9.67. The maximum absolute atomic E-state index is 13.8. The third-order valence-corrected chi connectivity index (χ3v) is 9.34. The highest BCUT2D eigenvalue weighted by Gasteiger charge is 2.71. The number of benzene rings is 2. The summed E-state index contributed by atoms with van der Waals surface area (Å²) >= 11 is 0. The van der Waals surface area contributed by atoms with Gasteiger partial charge in [-0.2, -0.15) is 26.3 Å². The number of rotatable bonds is 6. The minimum Gasteiger partial charge on any atom is -0.369 e. The number of sulfone groups is 1. The summed E-state index contributed by atoms with van der Waals surface area (Å²) in [6, 6.07) is 6.44. The molecule has 0 saturated heterocycles. The average molecular weight is 540 g/mol. The van der Waals surface area contributed by atoms with Crippen molar-refractivity contribution < 1.29 is 49.1 Å². The number of hydrogen-bond acceptors (Lipinski definition) is 4. The molecule has 0 unspecified atom stereocenters. The predicted molar refractivity (Wildman–Crippen MR) is 115 cm³/mol. The molecule has 1 N–H and O–H groups in total. The predicted octanol–water partition coefficient (Wildman–Crippen LogP) is 5.98. The van der Waals surface area contributed by atoms with Gasteiger partial charge in [0.15, 0.2) is 9.84 Å². The molecule has 0 atom stereocenters. The number of alkyl halides is 6. The molecule has 1 fully saturated rings. The smallest absolute Gasteiger partial charge is 0.369 e. The van der Waals surface area contributed by atoms with Crippen LogP contribution < -0.4 is 0 Å². The van der Waals surface area contributed by atoms with Crippen molar-refractivity contribution in [2.45, 2.75) is 66.6 Å². The molecular formula is C24H23F7O4S. The molecule has 1 aliphatic rings. The normalized spacial score (nSPS) is 21.9. The van der Waals surface area contributed by atoms with E-state index in [9.17, 15) is 49.1 Å². The van der Waals surface area contributed by atoms with E-state index in [1.807, 2.05) is 0 Å². The van der Waals surface area contributed by atoms with Crippen molar-refractivity contribution in [2.24, 2.45) is 5.92 Å². The third-order valence-electron chi connectivity index (χ3n) is 6.78. The van der Waals surface area contributed by atoms with Gasteiger partial charge in [0.25, 0.3) is 5.60 Å². The Bertz CT molecular complexity index is 1180. The molecule has 198 valence electrons. The second-order valence-electron chi connectivity index (χ2n) is 9.08. The van der Waals surface area contributed by atoms with Crippen molar-refractivity contribution in [3.63, 3.8) is 0 Å². The Labute approximate surface area is 203 Å². The van der Waals surface area contributed by atoms with Gasteiger partial charge in [-0.3, -0.25) is 0 Å². The highest BCUT2D eigenvalue weighted by Crippen LogP contribution is 2.52. The number of hydrogen-bond donors (Lipinski definition) is 1. The lowest BCUT2D eigenvalue weighted by molar-refractivity contribution is -0.376. The van der Waals surface area contributed by atoms with Gasteiger partial charge in [-0.25, -0.2) is 12.8 Å². The van der Waals surface area contributed by atoms with Crippen molar-refractivity contribution in [3.8, 4) is 0 Å². The molecule has 0 heterocycles. The van der Waals surface area contributed by atoms with Crippen LogP contribution in [0.4, 0.5) is 30.7 Å². The van der Waals surface area contributed by atoms with Crippen LogP contribution >= 0.6 is 0 Å². The van der Waals surface area contributed by atoms with E-state index in [2.05, 4.69) is 0 Å². The molecule has 1 saturated carbocycles. The summed E-state index contributed by atoms with van der Waals surface area (Å²) < 4.78 is 119. The lowest BCUT2D eigenvalue weighted by Crippen LogP contribution is -2.54. The fraction of sp³-hybridized carbons (Fsp3) is 0.458. The van der Waals surface area contributed by atoms with Gasteiger partial charge in [0.05, 0.1) is 4.90 Å². The zero-order valence-corrected chi connectivity index (χ0v) is 19.8. The molecule has 3 rings (SSSR count). The minimum atomic E-state index is -6.09. The molecule has 36 heavy (non-hydrogen) atoms. The van der Waals surface area contributed by atoms with Crippen LogP contribution in [0.15, 0.2) is 53.4 Å². The average Bonchev–Trinajstić information content (AvgIpc) is 2.77. The van der Waals surface area contributed by atoms with E-state index in [4.69, 9.17) is 0 Å².